The average Bonchev–Trinajstić information content (AvgIpc) is 2.89. The summed E-state index contributed by atoms with van der Waals surface area (Å²) in [4.78, 5) is 25.1. The van der Waals surface area contributed by atoms with Crippen molar-refractivity contribution in [1.29, 1.82) is 0 Å². The van der Waals surface area contributed by atoms with Gasteiger partial charge in [-0.3, -0.25) is 14.5 Å². The van der Waals surface area contributed by atoms with Crippen molar-refractivity contribution in [1.82, 2.24) is 4.90 Å². The quantitative estimate of drug-likeness (QED) is 0.850. The summed E-state index contributed by atoms with van der Waals surface area (Å²) in [6, 6.07) is 9.06. The summed E-state index contributed by atoms with van der Waals surface area (Å²) in [6.07, 6.45) is 0. The Kier molecular flexibility index (Phi) is 5.54. The van der Waals surface area contributed by atoms with Crippen LogP contribution in [0.15, 0.2) is 35.7 Å². The number of carbonyl (C=O) groups is 2. The molecule has 1 aromatic carbocycles. The van der Waals surface area contributed by atoms with Crippen molar-refractivity contribution in [3.8, 4) is 0 Å². The normalized spacial score (nSPS) is 10.7. The van der Waals surface area contributed by atoms with Gasteiger partial charge in [-0.2, -0.15) is 0 Å². The number of hydrogen-bond donors (Lipinski definition) is 2. The third-order valence-electron chi connectivity index (χ3n) is 2.96. The van der Waals surface area contributed by atoms with E-state index in [4.69, 9.17) is 17.3 Å². The van der Waals surface area contributed by atoms with Gasteiger partial charge in [0, 0.05) is 11.6 Å². The number of amides is 2. The number of likely N-dealkylation sites (N-methyl/N-ethyl adjacent to an activating group) is 1. The first-order chi connectivity index (χ1) is 10.5. The van der Waals surface area contributed by atoms with Crippen LogP contribution in [0, 0.1) is 0 Å². The van der Waals surface area contributed by atoms with Gasteiger partial charge >= 0.3 is 0 Å². The second-order valence-electron chi connectivity index (χ2n) is 4.87. The number of nitrogens with zero attached hydrogens (tertiary/aromatic N) is 1. The van der Waals surface area contributed by atoms with Crippen LogP contribution in [0.2, 0.25) is 5.02 Å². The molecule has 2 rings (SSSR count). The molecule has 1 heterocycles. The zero-order valence-corrected chi connectivity index (χ0v) is 13.6. The number of rotatable bonds is 6. The summed E-state index contributed by atoms with van der Waals surface area (Å²) >= 11 is 7.11. The van der Waals surface area contributed by atoms with Crippen LogP contribution in [-0.4, -0.2) is 30.3 Å². The molecule has 0 radical (unpaired) electrons. The van der Waals surface area contributed by atoms with Crippen LogP contribution < -0.4 is 11.1 Å². The maximum Gasteiger partial charge on any atom is 0.251 e. The molecule has 0 aliphatic carbocycles. The fourth-order valence-corrected chi connectivity index (χ4v) is 2.90. The zero-order chi connectivity index (χ0) is 16.1. The predicted molar refractivity (Wildman–Crippen MR) is 89.3 cm³/mol. The van der Waals surface area contributed by atoms with Crippen LogP contribution in [-0.2, 0) is 11.3 Å². The fourth-order valence-electron chi connectivity index (χ4n) is 1.97. The van der Waals surface area contributed by atoms with Gasteiger partial charge in [0.25, 0.3) is 5.91 Å². The largest absolute Gasteiger partial charge is 0.366 e. The fraction of sp³-hybridized carbons (Fsp3) is 0.200. The van der Waals surface area contributed by atoms with E-state index in [1.807, 2.05) is 36.2 Å². The van der Waals surface area contributed by atoms with Gasteiger partial charge in [-0.05, 0) is 36.2 Å². The van der Waals surface area contributed by atoms with E-state index >= 15 is 0 Å². The number of hydrogen-bond acceptors (Lipinski definition) is 4. The number of nitrogens with two attached hydrogens (primary N) is 1. The van der Waals surface area contributed by atoms with Gasteiger partial charge in [0.05, 0.1) is 12.1 Å². The van der Waals surface area contributed by atoms with Crippen LogP contribution in [0.25, 0.3) is 0 Å². The maximum absolute atomic E-state index is 12.0. The van der Waals surface area contributed by atoms with E-state index in [2.05, 4.69) is 5.32 Å². The summed E-state index contributed by atoms with van der Waals surface area (Å²) in [7, 11) is 1.84. The molecule has 0 aliphatic heterocycles. The minimum atomic E-state index is -0.550. The topological polar surface area (TPSA) is 75.4 Å². The number of primary amides is 1. The van der Waals surface area contributed by atoms with E-state index in [9.17, 15) is 9.59 Å². The maximum atomic E-state index is 12.0. The number of nitrogens with one attached hydrogen (secondary N) is 1. The van der Waals surface area contributed by atoms with Gasteiger partial charge in [-0.15, -0.1) is 11.3 Å². The molecule has 0 saturated heterocycles. The van der Waals surface area contributed by atoms with Crippen molar-refractivity contribution in [2.24, 2.45) is 5.73 Å². The highest BCUT2D eigenvalue weighted by atomic mass is 35.5. The van der Waals surface area contributed by atoms with Gasteiger partial charge < -0.3 is 11.1 Å². The molecule has 0 unspecified atom stereocenters. The first-order valence-corrected chi connectivity index (χ1v) is 7.81. The molecule has 116 valence electrons. The third kappa shape index (κ3) is 4.56. The first kappa shape index (κ1) is 16.5. The SMILES string of the molecule is CN(CC(=O)Nc1sccc1C(N)=O)Cc1ccc(Cl)cc1. The predicted octanol–water partition coefficient (Wildman–Crippen LogP) is 2.57. The lowest BCUT2D eigenvalue weighted by molar-refractivity contribution is -0.117. The number of anilines is 1. The molecule has 0 atom stereocenters. The van der Waals surface area contributed by atoms with Gasteiger partial charge in [0.15, 0.2) is 0 Å². The molecule has 0 aliphatic rings. The van der Waals surface area contributed by atoms with Crippen LogP contribution >= 0.6 is 22.9 Å². The second kappa shape index (κ2) is 7.40. The molecular formula is C15H16ClN3O2S. The van der Waals surface area contributed by atoms with E-state index in [1.165, 1.54) is 11.3 Å². The molecule has 7 heteroatoms. The highest BCUT2D eigenvalue weighted by Crippen LogP contribution is 2.22. The van der Waals surface area contributed by atoms with Crippen molar-refractivity contribution >= 4 is 39.8 Å². The Bertz CT molecular complexity index is 670. The van der Waals surface area contributed by atoms with Crippen molar-refractivity contribution in [2.75, 3.05) is 18.9 Å². The zero-order valence-electron chi connectivity index (χ0n) is 12.0. The number of halogens is 1. The first-order valence-electron chi connectivity index (χ1n) is 6.56. The Labute approximate surface area is 137 Å². The Morgan fingerprint density at radius 3 is 2.59 bits per heavy atom. The Hall–Kier alpha value is -1.89. The van der Waals surface area contributed by atoms with Gasteiger partial charge in [0.1, 0.15) is 5.00 Å². The lowest BCUT2D eigenvalue weighted by Gasteiger charge is -2.16. The standard InChI is InChI=1S/C15H16ClN3O2S/c1-19(8-10-2-4-11(16)5-3-10)9-13(20)18-15-12(14(17)21)6-7-22-15/h2-7H,8-9H2,1H3,(H2,17,21)(H,18,20). The minimum absolute atomic E-state index is 0.193. The van der Waals surface area contributed by atoms with E-state index in [-0.39, 0.29) is 12.5 Å². The Balaban J connectivity index is 1.89. The molecule has 2 aromatic rings. The molecule has 0 bridgehead atoms. The second-order valence-corrected chi connectivity index (χ2v) is 6.23. The molecule has 22 heavy (non-hydrogen) atoms. The summed E-state index contributed by atoms with van der Waals surface area (Å²) < 4.78 is 0. The summed E-state index contributed by atoms with van der Waals surface area (Å²) in [5.41, 5.74) is 6.64. The van der Waals surface area contributed by atoms with Gasteiger partial charge in [-0.25, -0.2) is 0 Å². The molecule has 3 N–H and O–H groups in total. The van der Waals surface area contributed by atoms with Crippen molar-refractivity contribution in [3.63, 3.8) is 0 Å². The van der Waals surface area contributed by atoms with Crippen LogP contribution in [0.5, 0.6) is 0 Å². The molecule has 2 amide bonds. The van der Waals surface area contributed by atoms with Crippen LogP contribution in [0.3, 0.4) is 0 Å². The van der Waals surface area contributed by atoms with Crippen molar-refractivity contribution < 1.29 is 9.59 Å². The summed E-state index contributed by atoms with van der Waals surface area (Å²) in [5, 5.41) is 5.59. The lowest BCUT2D eigenvalue weighted by atomic mass is 10.2. The number of benzene rings is 1. The summed E-state index contributed by atoms with van der Waals surface area (Å²) in [6.45, 7) is 0.830. The Morgan fingerprint density at radius 2 is 1.95 bits per heavy atom. The monoisotopic (exact) mass is 337 g/mol. The average molecular weight is 338 g/mol. The highest BCUT2D eigenvalue weighted by Gasteiger charge is 2.13. The van der Waals surface area contributed by atoms with Crippen molar-refractivity contribution in [2.45, 2.75) is 6.54 Å². The smallest absolute Gasteiger partial charge is 0.251 e. The van der Waals surface area contributed by atoms with Crippen LogP contribution in [0.4, 0.5) is 5.00 Å². The van der Waals surface area contributed by atoms with E-state index in [0.29, 0.717) is 22.1 Å². The van der Waals surface area contributed by atoms with Crippen molar-refractivity contribution in [3.05, 3.63) is 51.9 Å². The molecular weight excluding hydrogens is 322 g/mol. The highest BCUT2D eigenvalue weighted by molar-refractivity contribution is 7.14. The molecule has 0 saturated carbocycles. The van der Waals surface area contributed by atoms with Gasteiger partial charge in [-0.1, -0.05) is 23.7 Å². The number of thiophene rings is 1. The molecule has 0 fully saturated rings. The minimum Gasteiger partial charge on any atom is -0.366 e. The summed E-state index contributed by atoms with van der Waals surface area (Å²) in [5.74, 6) is -0.743. The van der Waals surface area contributed by atoms with E-state index in [0.717, 1.165) is 5.56 Å². The molecule has 5 nitrogen and oxygen atoms in total. The lowest BCUT2D eigenvalue weighted by Crippen LogP contribution is -2.30. The van der Waals surface area contributed by atoms with E-state index < -0.39 is 5.91 Å². The van der Waals surface area contributed by atoms with E-state index in [1.54, 1.807) is 11.4 Å². The van der Waals surface area contributed by atoms with Crippen LogP contribution in [0.1, 0.15) is 15.9 Å². The Morgan fingerprint density at radius 1 is 1.27 bits per heavy atom. The third-order valence-corrected chi connectivity index (χ3v) is 4.04. The van der Waals surface area contributed by atoms with Gasteiger partial charge in [0.2, 0.25) is 5.91 Å². The number of carbonyl (C=O) groups excluding carboxylic acids is 2. The molecule has 0 spiro atoms. The molecule has 1 aromatic heterocycles.